The fourth-order valence-electron chi connectivity index (χ4n) is 1.91. The van der Waals surface area contributed by atoms with Crippen LogP contribution < -0.4 is 0 Å². The Kier molecular flexibility index (Phi) is 11.2. The zero-order valence-corrected chi connectivity index (χ0v) is 12.1. The largest absolute Gasteiger partial charge is 0.461 e. The van der Waals surface area contributed by atoms with Gasteiger partial charge in [-0.25, -0.2) is 4.79 Å². The van der Waals surface area contributed by atoms with E-state index in [-0.39, 0.29) is 32.6 Å². The highest BCUT2D eigenvalue weighted by molar-refractivity contribution is 5.81. The second-order valence-corrected chi connectivity index (χ2v) is 4.25. The Morgan fingerprint density at radius 3 is 1.95 bits per heavy atom. The van der Waals surface area contributed by atoms with Crippen molar-refractivity contribution < 1.29 is 24.9 Å². The van der Waals surface area contributed by atoms with Gasteiger partial charge in [0.15, 0.2) is 0 Å². The van der Waals surface area contributed by atoms with E-state index >= 15 is 0 Å². The zero-order valence-electron chi connectivity index (χ0n) is 12.1. The van der Waals surface area contributed by atoms with Gasteiger partial charge in [-0.15, -0.1) is 0 Å². The van der Waals surface area contributed by atoms with Crippen molar-refractivity contribution in [3.8, 4) is 0 Å². The highest BCUT2D eigenvalue weighted by Crippen LogP contribution is 2.05. The van der Waals surface area contributed by atoms with Crippen LogP contribution in [0.1, 0.15) is 6.92 Å². The molecule has 0 amide bonds. The predicted octanol–water partition coefficient (Wildman–Crippen LogP) is -1.36. The quantitative estimate of drug-likeness (QED) is 0.232. The van der Waals surface area contributed by atoms with Gasteiger partial charge in [-0.2, -0.15) is 0 Å². The summed E-state index contributed by atoms with van der Waals surface area (Å²) >= 11 is 0. The van der Waals surface area contributed by atoms with Crippen LogP contribution in [0.4, 0.5) is 0 Å². The first-order valence-electron chi connectivity index (χ1n) is 6.70. The number of rotatable bonds is 12. The van der Waals surface area contributed by atoms with Crippen molar-refractivity contribution in [3.05, 3.63) is 12.7 Å². The van der Waals surface area contributed by atoms with Crippen LogP contribution >= 0.6 is 0 Å². The normalized spacial score (nSPS) is 12.7. The number of esters is 1. The molecule has 118 valence electrons. The smallest absolute Gasteiger partial charge is 0.330 e. The Hall–Kier alpha value is -0.990. The zero-order chi connectivity index (χ0) is 15.4. The number of aliphatic hydroxyl groups excluding tert-OH is 3. The van der Waals surface area contributed by atoms with E-state index in [0.29, 0.717) is 26.2 Å². The summed E-state index contributed by atoms with van der Waals surface area (Å²) in [6.07, 6.45) is 1.01. The average Bonchev–Trinajstić information content (AvgIpc) is 2.45. The van der Waals surface area contributed by atoms with Gasteiger partial charge in [-0.1, -0.05) is 6.58 Å². The Labute approximate surface area is 120 Å². The molecule has 0 saturated heterocycles. The van der Waals surface area contributed by atoms with Crippen LogP contribution in [0.3, 0.4) is 0 Å². The number of hydrogen-bond acceptors (Lipinski definition) is 7. The van der Waals surface area contributed by atoms with Crippen LogP contribution in [0.25, 0.3) is 0 Å². The summed E-state index contributed by atoms with van der Waals surface area (Å²) in [4.78, 5) is 14.8. The van der Waals surface area contributed by atoms with Crippen molar-refractivity contribution in [2.45, 2.75) is 13.1 Å². The number of nitrogens with zero attached hydrogens (tertiary/aromatic N) is 2. The van der Waals surface area contributed by atoms with Gasteiger partial charge in [0.25, 0.3) is 0 Å². The first kappa shape index (κ1) is 19.0. The van der Waals surface area contributed by atoms with E-state index in [0.717, 1.165) is 6.08 Å². The fraction of sp³-hybridized carbons (Fsp3) is 0.769. The van der Waals surface area contributed by atoms with Crippen molar-refractivity contribution in [2.24, 2.45) is 0 Å². The number of aliphatic hydroxyl groups is 3. The van der Waals surface area contributed by atoms with Crippen LogP contribution in [0.15, 0.2) is 12.7 Å². The molecule has 0 aliphatic rings. The maximum absolute atomic E-state index is 11.0. The summed E-state index contributed by atoms with van der Waals surface area (Å²) in [5.74, 6) is -0.482. The Balaban J connectivity index is 4.44. The molecular formula is C13H26N2O5. The molecule has 0 aliphatic heterocycles. The number of ether oxygens (including phenoxy) is 1. The van der Waals surface area contributed by atoms with Crippen molar-refractivity contribution in [2.75, 3.05) is 52.6 Å². The van der Waals surface area contributed by atoms with Crippen molar-refractivity contribution >= 4 is 5.97 Å². The molecule has 0 aromatic carbocycles. The second kappa shape index (κ2) is 11.8. The maximum Gasteiger partial charge on any atom is 0.330 e. The molecule has 0 bridgehead atoms. The molecule has 0 aromatic rings. The summed E-state index contributed by atoms with van der Waals surface area (Å²) in [6.45, 7) is 7.10. The minimum absolute atomic E-state index is 0.0112. The highest BCUT2D eigenvalue weighted by Gasteiger charge is 2.20. The number of carbonyl (C=O) groups excluding carboxylic acids is 1. The van der Waals surface area contributed by atoms with Gasteiger partial charge >= 0.3 is 5.97 Å². The van der Waals surface area contributed by atoms with E-state index in [9.17, 15) is 4.79 Å². The van der Waals surface area contributed by atoms with Gasteiger partial charge in [0.05, 0.1) is 26.0 Å². The number of hydrogen-bond donors (Lipinski definition) is 3. The van der Waals surface area contributed by atoms with Gasteiger partial charge in [-0.05, 0) is 6.92 Å². The molecule has 0 rings (SSSR count). The van der Waals surface area contributed by atoms with Crippen molar-refractivity contribution in [3.63, 3.8) is 0 Å². The summed E-state index contributed by atoms with van der Waals surface area (Å²) in [5.41, 5.74) is 0. The van der Waals surface area contributed by atoms with E-state index < -0.39 is 5.97 Å². The first-order chi connectivity index (χ1) is 9.60. The lowest BCUT2D eigenvalue weighted by Gasteiger charge is -2.36. The second-order valence-electron chi connectivity index (χ2n) is 4.25. The molecule has 0 saturated carbocycles. The molecule has 20 heavy (non-hydrogen) atoms. The number of carbonyl (C=O) groups is 1. The standard InChI is InChI=1S/C13H26N2O5/c1-3-13(19)20-11-7-15(6-10-18)12(2)14(4-8-16)5-9-17/h3,12,16-18H,1,4-11H2,2H3. The van der Waals surface area contributed by atoms with E-state index in [1.807, 2.05) is 16.7 Å². The summed E-state index contributed by atoms with van der Waals surface area (Å²) in [5, 5.41) is 27.2. The van der Waals surface area contributed by atoms with Crippen LogP contribution in [-0.4, -0.2) is 89.9 Å². The Morgan fingerprint density at radius 1 is 1.10 bits per heavy atom. The predicted molar refractivity (Wildman–Crippen MR) is 75.0 cm³/mol. The maximum atomic E-state index is 11.0. The van der Waals surface area contributed by atoms with Gasteiger partial charge in [0.2, 0.25) is 0 Å². The van der Waals surface area contributed by atoms with Gasteiger partial charge in [0, 0.05) is 32.3 Å². The Morgan fingerprint density at radius 2 is 1.55 bits per heavy atom. The summed E-state index contributed by atoms with van der Waals surface area (Å²) < 4.78 is 4.92. The molecule has 7 nitrogen and oxygen atoms in total. The van der Waals surface area contributed by atoms with Gasteiger partial charge in [-0.3, -0.25) is 9.80 Å². The molecule has 3 N–H and O–H groups in total. The first-order valence-corrected chi connectivity index (χ1v) is 6.70. The molecule has 7 heteroatoms. The van der Waals surface area contributed by atoms with Gasteiger partial charge < -0.3 is 20.1 Å². The molecule has 0 fully saturated rings. The average molecular weight is 290 g/mol. The van der Waals surface area contributed by atoms with Gasteiger partial charge in [0.1, 0.15) is 6.61 Å². The van der Waals surface area contributed by atoms with Crippen LogP contribution in [0.5, 0.6) is 0 Å². The molecule has 0 heterocycles. The van der Waals surface area contributed by atoms with E-state index in [1.54, 1.807) is 0 Å². The fourth-order valence-corrected chi connectivity index (χ4v) is 1.91. The third-order valence-corrected chi connectivity index (χ3v) is 3.01. The van der Waals surface area contributed by atoms with E-state index in [1.165, 1.54) is 0 Å². The molecular weight excluding hydrogens is 264 g/mol. The SMILES string of the molecule is C=CC(=O)OCCN(CCO)C(C)N(CCO)CCO. The van der Waals surface area contributed by atoms with Crippen molar-refractivity contribution in [1.82, 2.24) is 9.80 Å². The van der Waals surface area contributed by atoms with E-state index in [2.05, 4.69) is 6.58 Å². The van der Waals surface area contributed by atoms with Crippen LogP contribution in [0.2, 0.25) is 0 Å². The summed E-state index contributed by atoms with van der Waals surface area (Å²) in [7, 11) is 0. The molecule has 0 radical (unpaired) electrons. The lowest BCUT2D eigenvalue weighted by molar-refractivity contribution is -0.138. The minimum Gasteiger partial charge on any atom is -0.461 e. The minimum atomic E-state index is -0.482. The molecule has 0 aromatic heterocycles. The molecule has 0 aliphatic carbocycles. The third-order valence-electron chi connectivity index (χ3n) is 3.01. The lowest BCUT2D eigenvalue weighted by atomic mass is 10.3. The monoisotopic (exact) mass is 290 g/mol. The lowest BCUT2D eigenvalue weighted by Crippen LogP contribution is -2.50. The van der Waals surface area contributed by atoms with E-state index in [4.69, 9.17) is 20.1 Å². The highest BCUT2D eigenvalue weighted by atomic mass is 16.5. The molecule has 1 unspecified atom stereocenters. The summed E-state index contributed by atoms with van der Waals surface area (Å²) in [6, 6.07) is 0. The van der Waals surface area contributed by atoms with Crippen LogP contribution in [0, 0.1) is 0 Å². The third kappa shape index (κ3) is 7.56. The Bertz CT molecular complexity index is 269. The van der Waals surface area contributed by atoms with Crippen LogP contribution in [-0.2, 0) is 9.53 Å². The topological polar surface area (TPSA) is 93.5 Å². The van der Waals surface area contributed by atoms with Crippen molar-refractivity contribution in [1.29, 1.82) is 0 Å². The molecule has 0 spiro atoms. The molecule has 1 atom stereocenters.